The second-order valence-electron chi connectivity index (χ2n) is 6.50. The zero-order valence-corrected chi connectivity index (χ0v) is 15.7. The number of aromatic nitrogens is 3. The molecule has 0 aliphatic heterocycles. The summed E-state index contributed by atoms with van der Waals surface area (Å²) >= 11 is 0. The minimum Gasteiger partial charge on any atom is -0.384 e. The van der Waals surface area contributed by atoms with E-state index < -0.39 is 17.4 Å². The molecule has 4 aromatic rings. The van der Waals surface area contributed by atoms with Crippen molar-refractivity contribution in [3.8, 4) is 11.8 Å². The van der Waals surface area contributed by atoms with Crippen LogP contribution in [0.5, 0.6) is 0 Å². The first-order chi connectivity index (χ1) is 14.8. The standard InChI is InChI=1S/C21H13F3N6O/c22-21(23,24)16-7-6-14-18(28-12-8-9-27-17(26)10-12)15(11-25)20(31)30(19(14)29-16)13-4-2-1-3-5-13/h1-10H,(H3,26,27,28). The van der Waals surface area contributed by atoms with E-state index in [-0.39, 0.29) is 33.8 Å². The maximum absolute atomic E-state index is 13.3. The summed E-state index contributed by atoms with van der Waals surface area (Å²) in [4.78, 5) is 20.8. The van der Waals surface area contributed by atoms with Gasteiger partial charge in [0.2, 0.25) is 0 Å². The highest BCUT2D eigenvalue weighted by molar-refractivity contribution is 5.95. The van der Waals surface area contributed by atoms with Gasteiger partial charge in [0.05, 0.1) is 11.4 Å². The number of nitrogens with two attached hydrogens (primary N) is 1. The average molecular weight is 422 g/mol. The second kappa shape index (κ2) is 7.46. The molecule has 0 saturated heterocycles. The van der Waals surface area contributed by atoms with Crippen molar-refractivity contribution < 1.29 is 13.2 Å². The lowest BCUT2D eigenvalue weighted by Crippen LogP contribution is -2.24. The van der Waals surface area contributed by atoms with Gasteiger partial charge in [0.25, 0.3) is 5.56 Å². The van der Waals surface area contributed by atoms with Crippen molar-refractivity contribution in [2.45, 2.75) is 6.18 Å². The summed E-state index contributed by atoms with van der Waals surface area (Å²) in [6, 6.07) is 14.9. The summed E-state index contributed by atoms with van der Waals surface area (Å²) in [6.07, 6.45) is -3.30. The van der Waals surface area contributed by atoms with Gasteiger partial charge in [0.1, 0.15) is 28.8 Å². The number of benzene rings is 1. The van der Waals surface area contributed by atoms with E-state index in [1.54, 1.807) is 36.4 Å². The Balaban J connectivity index is 2.09. The Morgan fingerprint density at radius 3 is 2.48 bits per heavy atom. The number of alkyl halides is 3. The van der Waals surface area contributed by atoms with Gasteiger partial charge in [0.15, 0.2) is 0 Å². The van der Waals surface area contributed by atoms with E-state index in [9.17, 15) is 23.2 Å². The molecule has 4 rings (SSSR count). The van der Waals surface area contributed by atoms with Gasteiger partial charge in [0, 0.05) is 23.3 Å². The van der Waals surface area contributed by atoms with Gasteiger partial charge >= 0.3 is 6.18 Å². The maximum atomic E-state index is 13.3. The van der Waals surface area contributed by atoms with Gasteiger partial charge in [-0.3, -0.25) is 9.36 Å². The molecular formula is C21H13F3N6O. The molecule has 7 nitrogen and oxygen atoms in total. The number of pyridine rings is 3. The van der Waals surface area contributed by atoms with Gasteiger partial charge in [-0.05, 0) is 30.3 Å². The summed E-state index contributed by atoms with van der Waals surface area (Å²) in [5.74, 6) is 0.183. The van der Waals surface area contributed by atoms with Crippen LogP contribution in [0.2, 0.25) is 0 Å². The second-order valence-corrected chi connectivity index (χ2v) is 6.50. The zero-order chi connectivity index (χ0) is 22.2. The predicted octanol–water partition coefficient (Wildman–Crippen LogP) is 4.00. The number of nitrogens with zero attached hydrogens (tertiary/aromatic N) is 4. The number of nitriles is 1. The summed E-state index contributed by atoms with van der Waals surface area (Å²) in [5, 5.41) is 12.8. The minimum absolute atomic E-state index is 0.0292. The fraction of sp³-hybridized carbons (Fsp3) is 0.0476. The average Bonchev–Trinajstić information content (AvgIpc) is 2.74. The molecule has 1 aromatic carbocycles. The first kappa shape index (κ1) is 19.9. The Morgan fingerprint density at radius 1 is 1.10 bits per heavy atom. The Kier molecular flexibility index (Phi) is 4.79. The number of hydrogen-bond donors (Lipinski definition) is 2. The molecule has 0 radical (unpaired) electrons. The number of nitrogen functional groups attached to an aromatic ring is 1. The topological polar surface area (TPSA) is 110 Å². The van der Waals surface area contributed by atoms with Crippen molar-refractivity contribution in [3.63, 3.8) is 0 Å². The lowest BCUT2D eigenvalue weighted by atomic mass is 10.1. The Morgan fingerprint density at radius 2 is 1.84 bits per heavy atom. The van der Waals surface area contributed by atoms with Crippen LogP contribution in [0, 0.1) is 11.3 Å². The van der Waals surface area contributed by atoms with Crippen LogP contribution in [0.15, 0.2) is 65.6 Å². The van der Waals surface area contributed by atoms with Crippen molar-refractivity contribution in [2.75, 3.05) is 11.1 Å². The molecule has 10 heteroatoms. The van der Waals surface area contributed by atoms with Crippen LogP contribution in [0.3, 0.4) is 0 Å². The maximum Gasteiger partial charge on any atom is 0.433 e. The number of para-hydroxylation sites is 1. The van der Waals surface area contributed by atoms with Crippen LogP contribution < -0.4 is 16.6 Å². The van der Waals surface area contributed by atoms with E-state index in [0.29, 0.717) is 5.69 Å². The smallest absolute Gasteiger partial charge is 0.384 e. The third kappa shape index (κ3) is 3.64. The van der Waals surface area contributed by atoms with Crippen LogP contribution in [0.1, 0.15) is 11.3 Å². The van der Waals surface area contributed by atoms with Crippen LogP contribution >= 0.6 is 0 Å². The molecule has 31 heavy (non-hydrogen) atoms. The van der Waals surface area contributed by atoms with Crippen molar-refractivity contribution in [1.82, 2.24) is 14.5 Å². The van der Waals surface area contributed by atoms with Crippen molar-refractivity contribution in [3.05, 3.63) is 82.4 Å². The van der Waals surface area contributed by atoms with E-state index in [1.165, 1.54) is 18.3 Å². The number of halogens is 3. The van der Waals surface area contributed by atoms with Gasteiger partial charge in [-0.25, -0.2) is 9.97 Å². The molecule has 0 aliphatic rings. The molecule has 0 saturated carbocycles. The van der Waals surface area contributed by atoms with E-state index in [1.807, 2.05) is 6.07 Å². The quantitative estimate of drug-likeness (QED) is 0.517. The molecule has 3 aromatic heterocycles. The Hall–Kier alpha value is -4.39. The molecule has 0 unspecified atom stereocenters. The summed E-state index contributed by atoms with van der Waals surface area (Å²) in [5.41, 5.74) is 3.89. The van der Waals surface area contributed by atoms with Crippen LogP contribution in [-0.2, 0) is 6.18 Å². The highest BCUT2D eigenvalue weighted by Crippen LogP contribution is 2.33. The highest BCUT2D eigenvalue weighted by Gasteiger charge is 2.33. The molecule has 154 valence electrons. The van der Waals surface area contributed by atoms with Gasteiger partial charge in [-0.15, -0.1) is 0 Å². The van der Waals surface area contributed by atoms with Crippen molar-refractivity contribution in [1.29, 1.82) is 5.26 Å². The lowest BCUT2D eigenvalue weighted by Gasteiger charge is -2.17. The minimum atomic E-state index is -4.72. The molecule has 3 heterocycles. The Labute approximate surface area is 173 Å². The fourth-order valence-corrected chi connectivity index (χ4v) is 3.14. The number of hydrogen-bond acceptors (Lipinski definition) is 6. The third-order valence-corrected chi connectivity index (χ3v) is 4.49. The number of fused-ring (bicyclic) bond motifs is 1. The van der Waals surface area contributed by atoms with Crippen molar-refractivity contribution >= 4 is 28.2 Å². The first-order valence-corrected chi connectivity index (χ1v) is 8.90. The summed E-state index contributed by atoms with van der Waals surface area (Å²) in [6.45, 7) is 0. The molecule has 0 spiro atoms. The highest BCUT2D eigenvalue weighted by atomic mass is 19.4. The third-order valence-electron chi connectivity index (χ3n) is 4.49. The molecule has 0 atom stereocenters. The monoisotopic (exact) mass is 422 g/mol. The number of anilines is 3. The predicted molar refractivity (Wildman–Crippen MR) is 109 cm³/mol. The lowest BCUT2D eigenvalue weighted by molar-refractivity contribution is -0.141. The zero-order valence-electron chi connectivity index (χ0n) is 15.7. The van der Waals surface area contributed by atoms with Gasteiger partial charge in [-0.2, -0.15) is 18.4 Å². The summed E-state index contributed by atoms with van der Waals surface area (Å²) in [7, 11) is 0. The Bertz CT molecular complexity index is 1390. The SMILES string of the molecule is N#Cc1c(Nc2ccnc(N)c2)c2ccc(C(F)(F)F)nc2n(-c2ccccc2)c1=O. The largest absolute Gasteiger partial charge is 0.433 e. The summed E-state index contributed by atoms with van der Waals surface area (Å²) < 4.78 is 41.0. The van der Waals surface area contributed by atoms with Gasteiger partial charge < -0.3 is 11.1 Å². The van der Waals surface area contributed by atoms with Crippen LogP contribution in [0.4, 0.5) is 30.4 Å². The normalized spacial score (nSPS) is 11.3. The molecule has 0 fully saturated rings. The van der Waals surface area contributed by atoms with Crippen LogP contribution in [-0.4, -0.2) is 14.5 Å². The molecule has 0 amide bonds. The van der Waals surface area contributed by atoms with Crippen LogP contribution in [0.25, 0.3) is 16.7 Å². The van der Waals surface area contributed by atoms with Crippen molar-refractivity contribution in [2.24, 2.45) is 0 Å². The molecule has 0 aliphatic carbocycles. The number of nitrogens with one attached hydrogen (secondary N) is 1. The van der Waals surface area contributed by atoms with E-state index in [2.05, 4.69) is 15.3 Å². The molecule has 0 bridgehead atoms. The number of rotatable bonds is 3. The fourth-order valence-electron chi connectivity index (χ4n) is 3.14. The van der Waals surface area contributed by atoms with Gasteiger partial charge in [-0.1, -0.05) is 18.2 Å². The first-order valence-electron chi connectivity index (χ1n) is 8.90. The van der Waals surface area contributed by atoms with E-state index >= 15 is 0 Å². The van der Waals surface area contributed by atoms with E-state index in [4.69, 9.17) is 5.73 Å². The molecule has 3 N–H and O–H groups in total. The molecular weight excluding hydrogens is 409 g/mol. The van der Waals surface area contributed by atoms with E-state index in [0.717, 1.165) is 10.6 Å².